The first-order valence-corrected chi connectivity index (χ1v) is 7.69. The van der Waals surface area contributed by atoms with Gasteiger partial charge in [-0.1, -0.05) is 18.2 Å². The molecule has 0 aliphatic rings. The summed E-state index contributed by atoms with van der Waals surface area (Å²) in [5.74, 6) is 0.374. The Labute approximate surface area is 142 Å². The van der Waals surface area contributed by atoms with Crippen LogP contribution in [0.25, 0.3) is 6.08 Å². The number of hydrogen-bond acceptors (Lipinski definition) is 4. The third-order valence-electron chi connectivity index (χ3n) is 2.84. The van der Waals surface area contributed by atoms with Gasteiger partial charge in [0.05, 0.1) is 0 Å². The molecule has 2 rings (SSSR count). The molecule has 0 bridgehead atoms. The van der Waals surface area contributed by atoms with Crippen molar-refractivity contribution in [3.63, 3.8) is 0 Å². The van der Waals surface area contributed by atoms with E-state index in [1.54, 1.807) is 30.3 Å². The average Bonchev–Trinajstić information content (AvgIpc) is 2.52. The van der Waals surface area contributed by atoms with Crippen molar-refractivity contribution in [2.24, 2.45) is 0 Å². The lowest BCUT2D eigenvalue weighted by Gasteiger charge is -2.05. The van der Waals surface area contributed by atoms with E-state index in [9.17, 15) is 4.79 Å². The maximum Gasteiger partial charge on any atom is 0.491 e. The number of ether oxygens (including phenoxy) is 1. The number of allylic oxidation sites excluding steroid dienone is 1. The van der Waals surface area contributed by atoms with Gasteiger partial charge in [-0.15, -0.1) is 0 Å². The summed E-state index contributed by atoms with van der Waals surface area (Å²) in [6, 6.07) is 14.4. The van der Waals surface area contributed by atoms with Crippen LogP contribution < -0.4 is 4.74 Å². The lowest BCUT2D eigenvalue weighted by molar-refractivity contribution is 0.104. The molecule has 2 aromatic rings. The zero-order valence-corrected chi connectivity index (χ0v) is 13.8. The van der Waals surface area contributed by atoms with Crippen LogP contribution in [-0.4, -0.2) is 29.5 Å². The molecule has 0 radical (unpaired) electrons. The second-order valence-corrected chi connectivity index (χ2v) is 5.81. The van der Waals surface area contributed by atoms with Crippen molar-refractivity contribution >= 4 is 41.6 Å². The zero-order chi connectivity index (χ0) is 15.9. The van der Waals surface area contributed by atoms with E-state index in [0.717, 1.165) is 9.13 Å². The van der Waals surface area contributed by atoms with Gasteiger partial charge in [0, 0.05) is 9.13 Å². The van der Waals surface area contributed by atoms with E-state index in [1.807, 2.05) is 24.3 Å². The highest BCUT2D eigenvalue weighted by Crippen LogP contribution is 2.14. The smallest absolute Gasteiger partial charge is 0.491 e. The number of halogens is 1. The van der Waals surface area contributed by atoms with Crippen molar-refractivity contribution in [3.05, 3.63) is 69.3 Å². The first-order chi connectivity index (χ1) is 10.5. The molecule has 4 nitrogen and oxygen atoms in total. The van der Waals surface area contributed by atoms with Gasteiger partial charge in [-0.3, -0.25) is 4.79 Å². The highest BCUT2D eigenvalue weighted by molar-refractivity contribution is 14.1. The van der Waals surface area contributed by atoms with Crippen molar-refractivity contribution in [2.45, 2.75) is 0 Å². The molecule has 0 atom stereocenters. The molecular formula is C16H14BIO4. The third-order valence-corrected chi connectivity index (χ3v) is 3.55. The van der Waals surface area contributed by atoms with E-state index in [2.05, 4.69) is 22.6 Å². The molecule has 0 unspecified atom stereocenters. The molecule has 0 saturated heterocycles. The highest BCUT2D eigenvalue weighted by Gasteiger charge is 2.08. The quantitative estimate of drug-likeness (QED) is 0.334. The Balaban J connectivity index is 1.98. The molecule has 0 saturated carbocycles. The van der Waals surface area contributed by atoms with Crippen LogP contribution in [0.3, 0.4) is 0 Å². The summed E-state index contributed by atoms with van der Waals surface area (Å²) in [4.78, 5) is 12.1. The molecular weight excluding hydrogens is 394 g/mol. The predicted molar refractivity (Wildman–Crippen MR) is 94.7 cm³/mol. The van der Waals surface area contributed by atoms with Gasteiger partial charge < -0.3 is 14.8 Å². The molecule has 0 aliphatic carbocycles. The van der Waals surface area contributed by atoms with Crippen LogP contribution in [0.1, 0.15) is 15.9 Å². The lowest BCUT2D eigenvalue weighted by Crippen LogP contribution is -2.22. The normalized spacial score (nSPS) is 10.7. The van der Waals surface area contributed by atoms with Crippen LogP contribution in [0.4, 0.5) is 0 Å². The molecule has 0 aliphatic heterocycles. The van der Waals surface area contributed by atoms with Crippen LogP contribution in [-0.2, 0) is 0 Å². The van der Waals surface area contributed by atoms with E-state index in [0.29, 0.717) is 11.3 Å². The summed E-state index contributed by atoms with van der Waals surface area (Å²) >= 11 is 2.23. The van der Waals surface area contributed by atoms with Gasteiger partial charge in [0.25, 0.3) is 0 Å². The highest BCUT2D eigenvalue weighted by atomic mass is 127. The fourth-order valence-electron chi connectivity index (χ4n) is 1.73. The Morgan fingerprint density at radius 1 is 1.09 bits per heavy atom. The van der Waals surface area contributed by atoms with Crippen molar-refractivity contribution in [1.29, 1.82) is 0 Å². The SMILES string of the molecule is O=C(/C=C/c1ccc(I)cc1)c1ccc(OCB(O)O)cc1. The summed E-state index contributed by atoms with van der Waals surface area (Å²) in [6.07, 6.45) is 3.29. The number of carbonyl (C=O) groups excluding carboxylic acids is 1. The van der Waals surface area contributed by atoms with E-state index >= 15 is 0 Å². The van der Waals surface area contributed by atoms with E-state index in [4.69, 9.17) is 14.8 Å². The number of benzene rings is 2. The number of rotatable bonds is 6. The third kappa shape index (κ3) is 5.29. The van der Waals surface area contributed by atoms with E-state index < -0.39 is 7.12 Å². The maximum atomic E-state index is 12.1. The minimum atomic E-state index is -1.52. The summed E-state index contributed by atoms with van der Waals surface area (Å²) < 4.78 is 6.26. The monoisotopic (exact) mass is 408 g/mol. The molecule has 0 spiro atoms. The number of hydrogen-bond donors (Lipinski definition) is 2. The minimum absolute atomic E-state index is 0.104. The Morgan fingerprint density at radius 2 is 1.73 bits per heavy atom. The molecule has 22 heavy (non-hydrogen) atoms. The molecule has 2 aromatic carbocycles. The maximum absolute atomic E-state index is 12.1. The second-order valence-electron chi connectivity index (χ2n) is 4.57. The van der Waals surface area contributed by atoms with Crippen LogP contribution in [0.2, 0.25) is 0 Å². The first-order valence-electron chi connectivity index (χ1n) is 6.61. The van der Waals surface area contributed by atoms with Crippen LogP contribution >= 0.6 is 22.6 Å². The molecule has 0 heterocycles. The molecule has 6 heteroatoms. The van der Waals surface area contributed by atoms with Gasteiger partial charge in [0.1, 0.15) is 12.3 Å². The van der Waals surface area contributed by atoms with Gasteiger partial charge in [0.15, 0.2) is 5.78 Å². The van der Waals surface area contributed by atoms with Crippen molar-refractivity contribution < 1.29 is 19.6 Å². The van der Waals surface area contributed by atoms with E-state index in [1.165, 1.54) is 6.08 Å². The Bertz CT molecular complexity index is 651. The van der Waals surface area contributed by atoms with Crippen molar-refractivity contribution in [2.75, 3.05) is 6.51 Å². The first kappa shape index (κ1) is 16.7. The summed E-state index contributed by atoms with van der Waals surface area (Å²) in [5.41, 5.74) is 1.50. The fraction of sp³-hybridized carbons (Fsp3) is 0.0625. The summed E-state index contributed by atoms with van der Waals surface area (Å²) in [6.45, 7) is -0.208. The summed E-state index contributed by atoms with van der Waals surface area (Å²) in [7, 11) is -1.52. The van der Waals surface area contributed by atoms with Gasteiger partial charge in [-0.25, -0.2) is 0 Å². The van der Waals surface area contributed by atoms with Gasteiger partial charge in [-0.05, 0) is 70.6 Å². The minimum Gasteiger partial charge on any atom is -0.496 e. The second kappa shape index (κ2) is 8.12. The molecule has 0 fully saturated rings. The van der Waals surface area contributed by atoms with Crippen molar-refractivity contribution in [3.8, 4) is 5.75 Å². The predicted octanol–water partition coefficient (Wildman–Crippen LogP) is 2.58. The standard InChI is InChI=1S/C16H14BIO4/c18-14-6-1-12(2-7-14)3-10-16(19)13-4-8-15(9-5-13)22-11-17(20)21/h1-10,20-21H,11H2/b10-3+. The zero-order valence-electron chi connectivity index (χ0n) is 11.6. The van der Waals surface area contributed by atoms with Gasteiger partial charge in [0.2, 0.25) is 0 Å². The molecule has 2 N–H and O–H groups in total. The average molecular weight is 408 g/mol. The van der Waals surface area contributed by atoms with Crippen LogP contribution in [0.15, 0.2) is 54.6 Å². The lowest BCUT2D eigenvalue weighted by atomic mass is 9.95. The van der Waals surface area contributed by atoms with Crippen molar-refractivity contribution in [1.82, 2.24) is 0 Å². The molecule has 0 amide bonds. The fourth-order valence-corrected chi connectivity index (χ4v) is 2.09. The van der Waals surface area contributed by atoms with E-state index in [-0.39, 0.29) is 12.3 Å². The number of ketones is 1. The largest absolute Gasteiger partial charge is 0.496 e. The van der Waals surface area contributed by atoms with Crippen LogP contribution in [0, 0.1) is 3.57 Å². The number of carbonyl (C=O) groups is 1. The topological polar surface area (TPSA) is 66.8 Å². The van der Waals surface area contributed by atoms with Gasteiger partial charge in [-0.2, -0.15) is 0 Å². The Hall–Kier alpha value is -1.64. The molecule has 112 valence electrons. The Kier molecular flexibility index (Phi) is 6.17. The Morgan fingerprint density at radius 3 is 2.32 bits per heavy atom. The van der Waals surface area contributed by atoms with Gasteiger partial charge >= 0.3 is 7.12 Å². The summed E-state index contributed by atoms with van der Waals surface area (Å²) in [5, 5.41) is 17.4. The molecule has 0 aromatic heterocycles. The van der Waals surface area contributed by atoms with Crippen LogP contribution in [0.5, 0.6) is 5.75 Å².